The third-order valence-electron chi connectivity index (χ3n) is 3.37. The van der Waals surface area contributed by atoms with E-state index in [-0.39, 0.29) is 0 Å². The van der Waals surface area contributed by atoms with Gasteiger partial charge in [0.15, 0.2) is 0 Å². The minimum absolute atomic E-state index is 0.915. The van der Waals surface area contributed by atoms with Crippen LogP contribution in [0.1, 0.15) is 22.4 Å². The van der Waals surface area contributed by atoms with Crippen LogP contribution in [0, 0.1) is 0 Å². The smallest absolute Gasteiger partial charge is 0.0972 e. The molecule has 2 aromatic carbocycles. The summed E-state index contributed by atoms with van der Waals surface area (Å²) in [5, 5.41) is 7.16. The van der Waals surface area contributed by atoms with Crippen LogP contribution in [-0.4, -0.2) is 11.5 Å². The molecule has 1 N–H and O–H groups in total. The van der Waals surface area contributed by atoms with E-state index in [0.29, 0.717) is 0 Å². The molecular formula is C17H18N2S. The molecule has 0 spiro atoms. The SMILES string of the molecule is CCNCc1cnc(Cc2cccc3ccccc23)s1. The summed E-state index contributed by atoms with van der Waals surface area (Å²) < 4.78 is 0. The molecule has 1 heterocycles. The van der Waals surface area contributed by atoms with Crippen LogP contribution in [0.2, 0.25) is 0 Å². The van der Waals surface area contributed by atoms with Crippen molar-refractivity contribution in [1.29, 1.82) is 0 Å². The average molecular weight is 282 g/mol. The first-order valence-corrected chi connectivity index (χ1v) is 7.79. The third-order valence-corrected chi connectivity index (χ3v) is 4.37. The molecule has 0 atom stereocenters. The molecule has 2 nitrogen and oxygen atoms in total. The molecule has 0 radical (unpaired) electrons. The Morgan fingerprint density at radius 1 is 1.10 bits per heavy atom. The second-order valence-corrected chi connectivity index (χ2v) is 6.02. The first-order valence-electron chi connectivity index (χ1n) is 6.97. The van der Waals surface area contributed by atoms with Crippen LogP contribution >= 0.6 is 11.3 Å². The molecule has 3 heteroatoms. The molecule has 0 aliphatic heterocycles. The Balaban J connectivity index is 1.84. The van der Waals surface area contributed by atoms with Gasteiger partial charge < -0.3 is 5.32 Å². The number of rotatable bonds is 5. The summed E-state index contributed by atoms with van der Waals surface area (Å²) in [7, 11) is 0. The largest absolute Gasteiger partial charge is 0.312 e. The van der Waals surface area contributed by atoms with Crippen molar-refractivity contribution in [2.24, 2.45) is 0 Å². The molecule has 0 aliphatic rings. The molecule has 0 saturated carbocycles. The van der Waals surface area contributed by atoms with Gasteiger partial charge in [-0.2, -0.15) is 0 Å². The Kier molecular flexibility index (Phi) is 4.09. The van der Waals surface area contributed by atoms with Crippen LogP contribution < -0.4 is 5.32 Å². The van der Waals surface area contributed by atoms with E-state index in [1.165, 1.54) is 26.2 Å². The summed E-state index contributed by atoms with van der Waals surface area (Å²) in [6.45, 7) is 4.04. The topological polar surface area (TPSA) is 24.9 Å². The first kappa shape index (κ1) is 13.3. The van der Waals surface area contributed by atoms with E-state index in [9.17, 15) is 0 Å². The molecular weight excluding hydrogens is 264 g/mol. The van der Waals surface area contributed by atoms with Crippen molar-refractivity contribution < 1.29 is 0 Å². The standard InChI is InChI=1S/C17H18N2S/c1-2-18-11-15-12-19-17(20-15)10-14-8-5-7-13-6-3-4-9-16(13)14/h3-9,12,18H,2,10-11H2,1H3. The molecule has 102 valence electrons. The summed E-state index contributed by atoms with van der Waals surface area (Å²) in [5.74, 6) is 0. The van der Waals surface area contributed by atoms with Crippen molar-refractivity contribution >= 4 is 22.1 Å². The molecule has 0 unspecified atom stereocenters. The van der Waals surface area contributed by atoms with E-state index in [4.69, 9.17) is 0 Å². The Morgan fingerprint density at radius 2 is 1.95 bits per heavy atom. The quantitative estimate of drug-likeness (QED) is 0.765. The minimum Gasteiger partial charge on any atom is -0.312 e. The summed E-state index contributed by atoms with van der Waals surface area (Å²) in [5.41, 5.74) is 1.35. The van der Waals surface area contributed by atoms with Crippen molar-refractivity contribution in [1.82, 2.24) is 10.3 Å². The predicted molar refractivity (Wildman–Crippen MR) is 86.2 cm³/mol. The van der Waals surface area contributed by atoms with Crippen molar-refractivity contribution in [3.63, 3.8) is 0 Å². The van der Waals surface area contributed by atoms with Gasteiger partial charge in [0.1, 0.15) is 0 Å². The molecule has 0 amide bonds. The number of thiazole rings is 1. The first-order chi connectivity index (χ1) is 9.86. The lowest BCUT2D eigenvalue weighted by Crippen LogP contribution is -2.10. The second kappa shape index (κ2) is 6.16. The van der Waals surface area contributed by atoms with E-state index >= 15 is 0 Å². The van der Waals surface area contributed by atoms with Gasteiger partial charge in [-0.1, -0.05) is 49.4 Å². The van der Waals surface area contributed by atoms with E-state index in [2.05, 4.69) is 59.7 Å². The van der Waals surface area contributed by atoms with Gasteiger partial charge in [-0.25, -0.2) is 4.98 Å². The van der Waals surface area contributed by atoms with E-state index < -0.39 is 0 Å². The number of hydrogen-bond acceptors (Lipinski definition) is 3. The highest BCUT2D eigenvalue weighted by Gasteiger charge is 2.06. The van der Waals surface area contributed by atoms with Gasteiger partial charge in [-0.15, -0.1) is 11.3 Å². The zero-order chi connectivity index (χ0) is 13.8. The van der Waals surface area contributed by atoms with E-state index in [0.717, 1.165) is 19.5 Å². The number of nitrogens with one attached hydrogen (secondary N) is 1. The normalized spacial score (nSPS) is 11.1. The minimum atomic E-state index is 0.915. The number of aromatic nitrogens is 1. The molecule has 0 bridgehead atoms. The Morgan fingerprint density at radius 3 is 2.85 bits per heavy atom. The maximum Gasteiger partial charge on any atom is 0.0972 e. The number of fused-ring (bicyclic) bond motifs is 1. The summed E-state index contributed by atoms with van der Waals surface area (Å²) in [4.78, 5) is 5.86. The van der Waals surface area contributed by atoms with Crippen LogP contribution in [-0.2, 0) is 13.0 Å². The fraction of sp³-hybridized carbons (Fsp3) is 0.235. The maximum atomic E-state index is 4.55. The summed E-state index contributed by atoms with van der Waals surface area (Å²) >= 11 is 1.80. The molecule has 0 fully saturated rings. The van der Waals surface area contributed by atoms with Gasteiger partial charge in [-0.05, 0) is 22.9 Å². The Bertz CT molecular complexity index is 698. The Hall–Kier alpha value is -1.71. The summed E-state index contributed by atoms with van der Waals surface area (Å²) in [6, 6.07) is 15.0. The molecule has 1 aromatic heterocycles. The lowest BCUT2D eigenvalue weighted by molar-refractivity contribution is 0.734. The monoisotopic (exact) mass is 282 g/mol. The van der Waals surface area contributed by atoms with Crippen LogP contribution in [0.15, 0.2) is 48.7 Å². The highest BCUT2D eigenvalue weighted by Crippen LogP contribution is 2.23. The molecule has 3 rings (SSSR count). The zero-order valence-electron chi connectivity index (χ0n) is 11.6. The lowest BCUT2D eigenvalue weighted by Gasteiger charge is -2.04. The van der Waals surface area contributed by atoms with Gasteiger partial charge >= 0.3 is 0 Å². The zero-order valence-corrected chi connectivity index (χ0v) is 12.4. The highest BCUT2D eigenvalue weighted by molar-refractivity contribution is 7.11. The lowest BCUT2D eigenvalue weighted by atomic mass is 10.0. The number of hydrogen-bond donors (Lipinski definition) is 1. The van der Waals surface area contributed by atoms with Crippen LogP contribution in [0.5, 0.6) is 0 Å². The van der Waals surface area contributed by atoms with E-state index in [1.807, 2.05) is 6.20 Å². The maximum absolute atomic E-state index is 4.55. The van der Waals surface area contributed by atoms with Crippen molar-refractivity contribution in [2.45, 2.75) is 19.9 Å². The van der Waals surface area contributed by atoms with Crippen molar-refractivity contribution in [2.75, 3.05) is 6.54 Å². The fourth-order valence-electron chi connectivity index (χ4n) is 2.37. The Labute approximate surface area is 123 Å². The van der Waals surface area contributed by atoms with Crippen LogP contribution in [0.3, 0.4) is 0 Å². The molecule has 0 aliphatic carbocycles. The van der Waals surface area contributed by atoms with Gasteiger partial charge in [-0.3, -0.25) is 0 Å². The number of nitrogens with zero attached hydrogens (tertiary/aromatic N) is 1. The summed E-state index contributed by atoms with van der Waals surface area (Å²) in [6.07, 6.45) is 2.91. The predicted octanol–water partition coefficient (Wildman–Crippen LogP) is 4.00. The highest BCUT2D eigenvalue weighted by atomic mass is 32.1. The van der Waals surface area contributed by atoms with Gasteiger partial charge in [0, 0.05) is 24.0 Å². The number of benzene rings is 2. The van der Waals surface area contributed by atoms with Crippen molar-refractivity contribution in [3.05, 3.63) is 64.1 Å². The van der Waals surface area contributed by atoms with Gasteiger partial charge in [0.2, 0.25) is 0 Å². The average Bonchev–Trinajstić information content (AvgIpc) is 2.93. The van der Waals surface area contributed by atoms with Crippen molar-refractivity contribution in [3.8, 4) is 0 Å². The second-order valence-electron chi connectivity index (χ2n) is 4.82. The van der Waals surface area contributed by atoms with Crippen LogP contribution in [0.4, 0.5) is 0 Å². The van der Waals surface area contributed by atoms with Gasteiger partial charge in [0.25, 0.3) is 0 Å². The fourth-order valence-corrected chi connectivity index (χ4v) is 3.28. The van der Waals surface area contributed by atoms with Gasteiger partial charge in [0.05, 0.1) is 5.01 Å². The van der Waals surface area contributed by atoms with Crippen LogP contribution in [0.25, 0.3) is 10.8 Å². The van der Waals surface area contributed by atoms with E-state index in [1.54, 1.807) is 11.3 Å². The molecule has 20 heavy (non-hydrogen) atoms. The molecule has 0 saturated heterocycles. The third kappa shape index (κ3) is 2.89. The molecule has 3 aromatic rings.